The molecule has 2 amide bonds. The van der Waals surface area contributed by atoms with Crippen molar-refractivity contribution in [1.82, 2.24) is 5.32 Å². The van der Waals surface area contributed by atoms with Crippen LogP contribution in [0, 0.1) is 30.6 Å². The summed E-state index contributed by atoms with van der Waals surface area (Å²) in [5.41, 5.74) is 1.96. The van der Waals surface area contributed by atoms with Crippen molar-refractivity contribution >= 4 is 29.4 Å². The number of hydrogen-bond donors (Lipinski definition) is 2. The van der Waals surface area contributed by atoms with Gasteiger partial charge in [0.05, 0.1) is 36.9 Å². The van der Waals surface area contributed by atoms with Crippen LogP contribution >= 0.6 is 0 Å². The van der Waals surface area contributed by atoms with Crippen molar-refractivity contribution in [2.45, 2.75) is 86.1 Å². The molecule has 0 spiro atoms. The Hall–Kier alpha value is -2.90. The van der Waals surface area contributed by atoms with Gasteiger partial charge in [0, 0.05) is 11.2 Å². The number of benzene rings is 1. The molecule has 0 aliphatic heterocycles. The maximum atomic E-state index is 13.6. The Morgan fingerprint density at radius 1 is 0.811 bits per heavy atom. The summed E-state index contributed by atoms with van der Waals surface area (Å²) in [4.78, 5) is 53.0. The van der Waals surface area contributed by atoms with Gasteiger partial charge >= 0.3 is 11.9 Å². The van der Waals surface area contributed by atoms with E-state index >= 15 is 0 Å². The normalized spacial score (nSPS) is 21.4. The van der Waals surface area contributed by atoms with Crippen molar-refractivity contribution in [3.63, 3.8) is 0 Å². The van der Waals surface area contributed by atoms with Crippen LogP contribution in [-0.4, -0.2) is 42.5 Å². The molecule has 2 N–H and O–H groups in total. The predicted molar refractivity (Wildman–Crippen MR) is 143 cm³/mol. The molecule has 1 aromatic carbocycles. The number of carbonyl (C=O) groups is 4. The summed E-state index contributed by atoms with van der Waals surface area (Å²) in [6.45, 7) is 17.5. The lowest BCUT2D eigenvalue weighted by Crippen LogP contribution is -2.64. The molecule has 37 heavy (non-hydrogen) atoms. The van der Waals surface area contributed by atoms with E-state index in [0.717, 1.165) is 17.5 Å². The Kier molecular flexibility index (Phi) is 9.91. The summed E-state index contributed by atoms with van der Waals surface area (Å²) < 4.78 is 10.5. The lowest BCUT2D eigenvalue weighted by Gasteiger charge is -2.47. The highest BCUT2D eigenvalue weighted by Gasteiger charge is 2.64. The van der Waals surface area contributed by atoms with Gasteiger partial charge in [0.1, 0.15) is 0 Å². The van der Waals surface area contributed by atoms with Crippen molar-refractivity contribution in [3.05, 3.63) is 29.3 Å². The molecule has 1 aliphatic rings. The molecular formula is C29H44N2O6. The fourth-order valence-corrected chi connectivity index (χ4v) is 5.05. The number of anilines is 1. The molecular weight excluding hydrogens is 472 g/mol. The average Bonchev–Trinajstić information content (AvgIpc) is 2.73. The van der Waals surface area contributed by atoms with Crippen LogP contribution in [0.2, 0.25) is 0 Å². The van der Waals surface area contributed by atoms with E-state index in [1.165, 1.54) is 0 Å². The minimum atomic E-state index is -1.10. The number of ether oxygens (including phenoxy) is 2. The van der Waals surface area contributed by atoms with Gasteiger partial charge in [-0.25, -0.2) is 0 Å². The Balaban J connectivity index is 2.43. The first kappa shape index (κ1) is 30.3. The number of esters is 2. The maximum Gasteiger partial charge on any atom is 0.310 e. The third kappa shape index (κ3) is 7.11. The van der Waals surface area contributed by atoms with Crippen LogP contribution in [0.1, 0.15) is 79.4 Å². The Labute approximate surface area is 221 Å². The molecule has 8 heteroatoms. The molecule has 0 heterocycles. The van der Waals surface area contributed by atoms with Crippen molar-refractivity contribution < 1.29 is 28.7 Å². The van der Waals surface area contributed by atoms with Crippen LogP contribution in [-0.2, 0) is 34.1 Å². The van der Waals surface area contributed by atoms with Gasteiger partial charge in [-0.2, -0.15) is 0 Å². The Bertz CT molecular complexity index is 984. The number of aryl methyl sites for hydroxylation is 1. The average molecular weight is 517 g/mol. The van der Waals surface area contributed by atoms with E-state index in [9.17, 15) is 19.2 Å². The van der Waals surface area contributed by atoms with E-state index in [1.54, 1.807) is 13.8 Å². The van der Waals surface area contributed by atoms with Crippen LogP contribution in [0.25, 0.3) is 0 Å². The van der Waals surface area contributed by atoms with E-state index < -0.39 is 53.0 Å². The van der Waals surface area contributed by atoms with E-state index in [0.29, 0.717) is 12.1 Å². The van der Waals surface area contributed by atoms with Crippen LogP contribution in [0.5, 0.6) is 0 Å². The van der Waals surface area contributed by atoms with Crippen molar-refractivity contribution in [2.75, 3.05) is 18.5 Å². The number of carbonyl (C=O) groups excluding carboxylic acids is 4. The molecule has 2 unspecified atom stereocenters. The van der Waals surface area contributed by atoms with Gasteiger partial charge < -0.3 is 20.1 Å². The molecule has 2 rings (SSSR count). The first-order valence-electron chi connectivity index (χ1n) is 13.3. The summed E-state index contributed by atoms with van der Waals surface area (Å²) in [6, 6.07) is 5.78. The second-order valence-electron chi connectivity index (χ2n) is 11.5. The van der Waals surface area contributed by atoms with Gasteiger partial charge in [-0.1, -0.05) is 46.2 Å². The van der Waals surface area contributed by atoms with E-state index in [-0.39, 0.29) is 18.6 Å². The monoisotopic (exact) mass is 516 g/mol. The van der Waals surface area contributed by atoms with E-state index in [2.05, 4.69) is 31.4 Å². The zero-order valence-corrected chi connectivity index (χ0v) is 23.8. The summed E-state index contributed by atoms with van der Waals surface area (Å²) >= 11 is 0. The molecule has 1 aromatic rings. The lowest BCUT2D eigenvalue weighted by atomic mass is 9.55. The molecule has 2 atom stereocenters. The second kappa shape index (κ2) is 12.1. The SMILES string of the molecule is CCCC(C)(C)NC(=O)C1C(C(=O)OCC)C(C(=O)Nc2ccc(C(C)(C)C)cc2C)C1C(=O)OCC. The van der Waals surface area contributed by atoms with E-state index in [1.807, 2.05) is 45.9 Å². The standard InChI is InChI=1S/C29H44N2O6/c1-10-15-29(8,9)31-25(33)21-22(26(34)36-11-2)20(23(21)27(35)37-12-3)24(32)30-19-14-13-18(16-17(19)4)28(5,6)7/h13-14,16,20-23H,10-12,15H2,1-9H3,(H,30,32)(H,31,33). The van der Waals surface area contributed by atoms with Crippen LogP contribution in [0.3, 0.4) is 0 Å². The summed E-state index contributed by atoms with van der Waals surface area (Å²) in [5.74, 6) is -6.65. The van der Waals surface area contributed by atoms with Crippen LogP contribution in [0.15, 0.2) is 18.2 Å². The minimum absolute atomic E-state index is 0.0581. The topological polar surface area (TPSA) is 111 Å². The predicted octanol–water partition coefficient (Wildman–Crippen LogP) is 4.53. The van der Waals surface area contributed by atoms with Gasteiger partial charge in [0.2, 0.25) is 11.8 Å². The first-order chi connectivity index (χ1) is 17.2. The number of amides is 2. The summed E-state index contributed by atoms with van der Waals surface area (Å²) in [6.07, 6.45) is 1.56. The van der Waals surface area contributed by atoms with Gasteiger partial charge in [-0.3, -0.25) is 19.2 Å². The molecule has 8 nitrogen and oxygen atoms in total. The second-order valence-corrected chi connectivity index (χ2v) is 11.5. The highest BCUT2D eigenvalue weighted by atomic mass is 16.5. The maximum absolute atomic E-state index is 13.6. The fraction of sp³-hybridized carbons (Fsp3) is 0.655. The molecule has 1 aliphatic carbocycles. The number of rotatable bonds is 10. The fourth-order valence-electron chi connectivity index (χ4n) is 5.05. The molecule has 0 bridgehead atoms. The number of nitrogens with one attached hydrogen (secondary N) is 2. The van der Waals surface area contributed by atoms with Gasteiger partial charge in [-0.15, -0.1) is 0 Å². The zero-order valence-electron chi connectivity index (χ0n) is 23.8. The highest BCUT2D eigenvalue weighted by Crippen LogP contribution is 2.49. The van der Waals surface area contributed by atoms with Crippen molar-refractivity contribution in [1.29, 1.82) is 0 Å². The van der Waals surface area contributed by atoms with Crippen molar-refractivity contribution in [3.8, 4) is 0 Å². The third-order valence-corrected chi connectivity index (χ3v) is 6.96. The largest absolute Gasteiger partial charge is 0.466 e. The first-order valence-corrected chi connectivity index (χ1v) is 13.3. The van der Waals surface area contributed by atoms with Crippen molar-refractivity contribution in [2.24, 2.45) is 23.7 Å². The summed E-state index contributed by atoms with van der Waals surface area (Å²) in [5, 5.41) is 5.85. The van der Waals surface area contributed by atoms with Gasteiger partial charge in [-0.05, 0) is 63.6 Å². The smallest absolute Gasteiger partial charge is 0.310 e. The zero-order chi connectivity index (χ0) is 28.1. The van der Waals surface area contributed by atoms with Gasteiger partial charge in [0.25, 0.3) is 0 Å². The van der Waals surface area contributed by atoms with Gasteiger partial charge in [0.15, 0.2) is 0 Å². The quantitative estimate of drug-likeness (QED) is 0.442. The Morgan fingerprint density at radius 2 is 1.32 bits per heavy atom. The van der Waals surface area contributed by atoms with Crippen LogP contribution < -0.4 is 10.6 Å². The molecule has 0 aromatic heterocycles. The molecule has 0 radical (unpaired) electrons. The molecule has 1 saturated carbocycles. The molecule has 0 saturated heterocycles. The number of hydrogen-bond acceptors (Lipinski definition) is 6. The lowest BCUT2D eigenvalue weighted by molar-refractivity contribution is -0.185. The highest BCUT2D eigenvalue weighted by molar-refractivity contribution is 6.04. The minimum Gasteiger partial charge on any atom is -0.466 e. The third-order valence-electron chi connectivity index (χ3n) is 6.96. The van der Waals surface area contributed by atoms with E-state index in [4.69, 9.17) is 9.47 Å². The summed E-state index contributed by atoms with van der Waals surface area (Å²) in [7, 11) is 0. The molecule has 1 fully saturated rings. The van der Waals surface area contributed by atoms with Crippen LogP contribution in [0.4, 0.5) is 5.69 Å². The molecule has 206 valence electrons. The Morgan fingerprint density at radius 3 is 1.76 bits per heavy atom.